The Bertz CT molecular complexity index is 148. The summed E-state index contributed by atoms with van der Waals surface area (Å²) in [6.07, 6.45) is 1.16. The Labute approximate surface area is 82.9 Å². The van der Waals surface area contributed by atoms with E-state index in [4.69, 9.17) is 28.3 Å². The lowest BCUT2D eigenvalue weighted by Crippen LogP contribution is -2.22. The van der Waals surface area contributed by atoms with E-state index in [-0.39, 0.29) is 11.8 Å². The first kappa shape index (κ1) is 12.0. The van der Waals surface area contributed by atoms with Crippen LogP contribution in [-0.2, 0) is 4.79 Å². The molecule has 0 amide bonds. The average molecular weight is 213 g/mol. The van der Waals surface area contributed by atoms with Gasteiger partial charge < -0.3 is 5.11 Å². The Morgan fingerprint density at radius 3 is 2.25 bits per heavy atom. The minimum atomic E-state index is -0.765. The van der Waals surface area contributed by atoms with Gasteiger partial charge in [-0.25, -0.2) is 0 Å². The second-order valence-corrected chi connectivity index (χ2v) is 4.23. The lowest BCUT2D eigenvalue weighted by Gasteiger charge is -2.18. The fourth-order valence-electron chi connectivity index (χ4n) is 1.27. The molecule has 0 heterocycles. The highest BCUT2D eigenvalue weighted by molar-refractivity contribution is 6.44. The molecule has 0 bridgehead atoms. The van der Waals surface area contributed by atoms with Crippen molar-refractivity contribution in [3.8, 4) is 0 Å². The molecular weight excluding hydrogens is 199 g/mol. The van der Waals surface area contributed by atoms with E-state index in [0.717, 1.165) is 0 Å². The molecule has 0 saturated heterocycles. The van der Waals surface area contributed by atoms with Gasteiger partial charge in [0.25, 0.3) is 0 Å². The van der Waals surface area contributed by atoms with E-state index < -0.39 is 10.8 Å². The highest BCUT2D eigenvalue weighted by atomic mass is 35.5. The predicted octanol–water partition coefficient (Wildman–Crippen LogP) is 2.93. The van der Waals surface area contributed by atoms with Crippen LogP contribution in [0.25, 0.3) is 0 Å². The summed E-state index contributed by atoms with van der Waals surface area (Å²) in [5.41, 5.74) is 0. The van der Waals surface area contributed by atoms with Crippen molar-refractivity contribution in [2.24, 2.45) is 11.8 Å². The van der Waals surface area contributed by atoms with Crippen molar-refractivity contribution >= 4 is 29.2 Å². The lowest BCUT2D eigenvalue weighted by molar-refractivity contribution is -0.143. The summed E-state index contributed by atoms with van der Waals surface area (Å²) in [5.74, 6) is -1.06. The third-order valence-corrected chi connectivity index (χ3v) is 2.35. The Morgan fingerprint density at radius 1 is 1.50 bits per heavy atom. The Morgan fingerprint density at radius 2 is 2.00 bits per heavy atom. The van der Waals surface area contributed by atoms with Crippen molar-refractivity contribution in [1.29, 1.82) is 0 Å². The third kappa shape index (κ3) is 4.17. The van der Waals surface area contributed by atoms with Crippen molar-refractivity contribution < 1.29 is 9.90 Å². The van der Waals surface area contributed by atoms with Gasteiger partial charge in [0.15, 0.2) is 0 Å². The van der Waals surface area contributed by atoms with Gasteiger partial charge in [0.1, 0.15) is 4.84 Å². The average Bonchev–Trinajstić information content (AvgIpc) is 1.85. The minimum absolute atomic E-state index is 0.0347. The fourth-order valence-corrected chi connectivity index (χ4v) is 1.83. The lowest BCUT2D eigenvalue weighted by atomic mass is 9.90. The van der Waals surface area contributed by atoms with Crippen LogP contribution in [0.2, 0.25) is 0 Å². The number of carboxylic acids is 1. The SMILES string of the molecule is CCC(C(=O)O)C(C)CC(Cl)Cl. The van der Waals surface area contributed by atoms with Crippen molar-refractivity contribution in [3.63, 3.8) is 0 Å². The number of halogens is 2. The molecule has 0 fully saturated rings. The summed E-state index contributed by atoms with van der Waals surface area (Å²) >= 11 is 11.1. The smallest absolute Gasteiger partial charge is 0.306 e. The predicted molar refractivity (Wildman–Crippen MR) is 50.7 cm³/mol. The van der Waals surface area contributed by atoms with E-state index in [1.807, 2.05) is 13.8 Å². The van der Waals surface area contributed by atoms with E-state index in [2.05, 4.69) is 0 Å². The summed E-state index contributed by atoms with van der Waals surface area (Å²) in [6.45, 7) is 3.72. The van der Waals surface area contributed by atoms with Gasteiger partial charge in [0.2, 0.25) is 0 Å². The van der Waals surface area contributed by atoms with Gasteiger partial charge in [-0.2, -0.15) is 0 Å². The molecule has 2 unspecified atom stereocenters. The van der Waals surface area contributed by atoms with Gasteiger partial charge in [-0.15, -0.1) is 23.2 Å². The molecule has 0 aliphatic rings. The molecule has 2 nitrogen and oxygen atoms in total. The molecule has 0 saturated carbocycles. The summed E-state index contributed by atoms with van der Waals surface area (Å²) in [5, 5.41) is 8.77. The molecule has 0 aromatic carbocycles. The van der Waals surface area contributed by atoms with Crippen LogP contribution in [0.1, 0.15) is 26.7 Å². The molecule has 4 heteroatoms. The maximum atomic E-state index is 10.7. The van der Waals surface area contributed by atoms with Gasteiger partial charge in [-0.3, -0.25) is 4.79 Å². The van der Waals surface area contributed by atoms with Gasteiger partial charge in [0, 0.05) is 0 Å². The Balaban J connectivity index is 4.02. The number of aliphatic carboxylic acids is 1. The maximum absolute atomic E-state index is 10.7. The normalized spacial score (nSPS) is 16.1. The number of hydrogen-bond acceptors (Lipinski definition) is 1. The van der Waals surface area contributed by atoms with Crippen molar-refractivity contribution in [3.05, 3.63) is 0 Å². The van der Waals surface area contributed by atoms with Crippen LogP contribution < -0.4 is 0 Å². The van der Waals surface area contributed by atoms with Gasteiger partial charge in [0.05, 0.1) is 5.92 Å². The first-order valence-electron chi connectivity index (χ1n) is 4.00. The van der Waals surface area contributed by atoms with Crippen LogP contribution in [0.5, 0.6) is 0 Å². The summed E-state index contributed by atoms with van der Waals surface area (Å²) in [6, 6.07) is 0. The largest absolute Gasteiger partial charge is 0.481 e. The van der Waals surface area contributed by atoms with Crippen molar-refractivity contribution in [2.75, 3.05) is 0 Å². The minimum Gasteiger partial charge on any atom is -0.481 e. The molecule has 0 aromatic rings. The second kappa shape index (κ2) is 5.65. The highest BCUT2D eigenvalue weighted by Crippen LogP contribution is 2.24. The van der Waals surface area contributed by atoms with E-state index >= 15 is 0 Å². The molecule has 0 rings (SSSR count). The van der Waals surface area contributed by atoms with E-state index in [1.165, 1.54) is 0 Å². The van der Waals surface area contributed by atoms with Crippen molar-refractivity contribution in [2.45, 2.75) is 31.5 Å². The molecule has 1 N–H and O–H groups in total. The zero-order chi connectivity index (χ0) is 9.72. The third-order valence-electron chi connectivity index (χ3n) is 1.99. The summed E-state index contributed by atoms with van der Waals surface area (Å²) in [4.78, 5) is 10.2. The molecule has 72 valence electrons. The number of hydrogen-bond donors (Lipinski definition) is 1. The fraction of sp³-hybridized carbons (Fsp3) is 0.875. The van der Waals surface area contributed by atoms with E-state index in [1.54, 1.807) is 0 Å². The molecule has 0 aliphatic heterocycles. The van der Waals surface area contributed by atoms with E-state index in [0.29, 0.717) is 12.8 Å². The van der Waals surface area contributed by atoms with Crippen LogP contribution in [0.3, 0.4) is 0 Å². The molecule has 12 heavy (non-hydrogen) atoms. The number of alkyl halides is 2. The van der Waals surface area contributed by atoms with Crippen LogP contribution >= 0.6 is 23.2 Å². The van der Waals surface area contributed by atoms with Gasteiger partial charge >= 0.3 is 5.97 Å². The molecule has 0 radical (unpaired) electrons. The van der Waals surface area contributed by atoms with Crippen LogP contribution in [0.4, 0.5) is 0 Å². The first-order chi connectivity index (χ1) is 5.49. The Hall–Kier alpha value is 0.0500. The zero-order valence-electron chi connectivity index (χ0n) is 7.26. The molecular formula is C8H14Cl2O2. The quantitative estimate of drug-likeness (QED) is 0.713. The second-order valence-electron chi connectivity index (χ2n) is 2.96. The molecule has 0 aromatic heterocycles. The Kier molecular flexibility index (Phi) is 5.68. The van der Waals surface area contributed by atoms with Crippen LogP contribution in [-0.4, -0.2) is 15.9 Å². The number of rotatable bonds is 5. The topological polar surface area (TPSA) is 37.3 Å². The first-order valence-corrected chi connectivity index (χ1v) is 4.87. The highest BCUT2D eigenvalue weighted by Gasteiger charge is 2.23. The van der Waals surface area contributed by atoms with Crippen molar-refractivity contribution in [1.82, 2.24) is 0 Å². The van der Waals surface area contributed by atoms with Crippen LogP contribution in [0.15, 0.2) is 0 Å². The van der Waals surface area contributed by atoms with Crippen LogP contribution in [0, 0.1) is 11.8 Å². The molecule has 2 atom stereocenters. The molecule has 0 spiro atoms. The van der Waals surface area contributed by atoms with Gasteiger partial charge in [-0.05, 0) is 18.8 Å². The zero-order valence-corrected chi connectivity index (χ0v) is 8.77. The monoisotopic (exact) mass is 212 g/mol. The van der Waals surface area contributed by atoms with E-state index in [9.17, 15) is 4.79 Å². The van der Waals surface area contributed by atoms with Gasteiger partial charge in [-0.1, -0.05) is 13.8 Å². The summed E-state index contributed by atoms with van der Waals surface area (Å²) < 4.78 is 0. The maximum Gasteiger partial charge on any atom is 0.306 e. The standard InChI is InChI=1S/C8H14Cl2O2/c1-3-6(8(11)12)5(2)4-7(9)10/h5-7H,3-4H2,1-2H3,(H,11,12). The summed E-state index contributed by atoms with van der Waals surface area (Å²) in [7, 11) is 0. The number of carboxylic acid groups (broad SMARTS) is 1. The number of carbonyl (C=O) groups is 1. The molecule has 0 aliphatic carbocycles.